The molecule has 142 valence electrons. The Morgan fingerprint density at radius 2 is 1.59 bits per heavy atom. The number of carbonyl (C=O) groups excluding carboxylic acids is 2. The summed E-state index contributed by atoms with van der Waals surface area (Å²) in [5.74, 6) is 0.495. The first-order valence-electron chi connectivity index (χ1n) is 8.82. The standard InChI is InChI=1S/C21H24N2O4/c1-13-5-6-15(11-14(13)2)22-19(24)21(9-10-21)20(25)23-17-8-7-16(26-3)12-18(17)27-4/h5-8,11-12H,9-10H2,1-4H3,(H,22,24)(H,23,25). The van der Waals surface area contributed by atoms with Crippen LogP contribution in [-0.4, -0.2) is 26.0 Å². The van der Waals surface area contributed by atoms with Crippen LogP contribution in [0.4, 0.5) is 11.4 Å². The fourth-order valence-corrected chi connectivity index (χ4v) is 2.90. The predicted octanol–water partition coefficient (Wildman–Crippen LogP) is 3.68. The lowest BCUT2D eigenvalue weighted by atomic mass is 10.0. The number of amides is 2. The lowest BCUT2D eigenvalue weighted by Gasteiger charge is -2.17. The number of rotatable bonds is 6. The number of hydrogen-bond acceptors (Lipinski definition) is 4. The Kier molecular flexibility index (Phi) is 5.08. The van der Waals surface area contributed by atoms with Gasteiger partial charge in [0.1, 0.15) is 16.9 Å². The zero-order valence-electron chi connectivity index (χ0n) is 16.0. The summed E-state index contributed by atoms with van der Waals surface area (Å²) in [6.07, 6.45) is 1.04. The zero-order valence-corrected chi connectivity index (χ0v) is 16.0. The van der Waals surface area contributed by atoms with E-state index in [0.717, 1.165) is 11.1 Å². The number of methoxy groups -OCH3 is 2. The molecule has 0 radical (unpaired) electrons. The molecule has 2 amide bonds. The maximum absolute atomic E-state index is 12.8. The van der Waals surface area contributed by atoms with Gasteiger partial charge in [-0.1, -0.05) is 6.07 Å². The highest BCUT2D eigenvalue weighted by Crippen LogP contribution is 2.48. The molecule has 2 aromatic carbocycles. The van der Waals surface area contributed by atoms with E-state index in [-0.39, 0.29) is 11.8 Å². The highest BCUT2D eigenvalue weighted by Gasteiger charge is 2.56. The molecule has 1 aliphatic carbocycles. The molecule has 1 fully saturated rings. The summed E-state index contributed by atoms with van der Waals surface area (Å²) in [4.78, 5) is 25.6. The van der Waals surface area contributed by atoms with Gasteiger partial charge in [-0.2, -0.15) is 0 Å². The molecule has 27 heavy (non-hydrogen) atoms. The summed E-state index contributed by atoms with van der Waals surface area (Å²) in [6.45, 7) is 4.00. The van der Waals surface area contributed by atoms with Crippen molar-refractivity contribution in [3.05, 3.63) is 47.5 Å². The molecular weight excluding hydrogens is 344 g/mol. The van der Waals surface area contributed by atoms with Crippen molar-refractivity contribution in [1.29, 1.82) is 0 Å². The third-order valence-electron chi connectivity index (χ3n) is 5.04. The highest BCUT2D eigenvalue weighted by atomic mass is 16.5. The normalized spacial score (nSPS) is 14.2. The molecule has 1 aliphatic rings. The second-order valence-corrected chi connectivity index (χ2v) is 6.86. The van der Waals surface area contributed by atoms with E-state index >= 15 is 0 Å². The van der Waals surface area contributed by atoms with E-state index in [4.69, 9.17) is 9.47 Å². The molecule has 2 N–H and O–H groups in total. The van der Waals surface area contributed by atoms with Crippen LogP contribution in [0.3, 0.4) is 0 Å². The fourth-order valence-electron chi connectivity index (χ4n) is 2.90. The third kappa shape index (κ3) is 3.74. The number of nitrogens with one attached hydrogen (secondary N) is 2. The summed E-state index contributed by atoms with van der Waals surface area (Å²) in [5.41, 5.74) is 2.41. The molecule has 0 heterocycles. The van der Waals surface area contributed by atoms with Crippen LogP contribution in [0.5, 0.6) is 11.5 Å². The largest absolute Gasteiger partial charge is 0.497 e. The molecule has 0 aliphatic heterocycles. The number of ether oxygens (including phenoxy) is 2. The van der Waals surface area contributed by atoms with E-state index in [9.17, 15) is 9.59 Å². The van der Waals surface area contributed by atoms with Crippen LogP contribution < -0.4 is 20.1 Å². The maximum atomic E-state index is 12.8. The van der Waals surface area contributed by atoms with Crippen molar-refractivity contribution < 1.29 is 19.1 Å². The van der Waals surface area contributed by atoms with E-state index in [0.29, 0.717) is 35.7 Å². The number of anilines is 2. The van der Waals surface area contributed by atoms with Crippen LogP contribution >= 0.6 is 0 Å². The van der Waals surface area contributed by atoms with E-state index in [1.54, 1.807) is 25.3 Å². The summed E-state index contributed by atoms with van der Waals surface area (Å²) in [5, 5.41) is 5.70. The monoisotopic (exact) mass is 368 g/mol. The minimum absolute atomic E-state index is 0.282. The lowest BCUT2D eigenvalue weighted by molar-refractivity contribution is -0.131. The summed E-state index contributed by atoms with van der Waals surface area (Å²) < 4.78 is 10.5. The van der Waals surface area contributed by atoms with Crippen molar-refractivity contribution in [2.24, 2.45) is 5.41 Å². The van der Waals surface area contributed by atoms with Gasteiger partial charge < -0.3 is 20.1 Å². The average Bonchev–Trinajstić information content (AvgIpc) is 3.47. The van der Waals surface area contributed by atoms with Gasteiger partial charge in [0.2, 0.25) is 11.8 Å². The first-order chi connectivity index (χ1) is 12.9. The second kappa shape index (κ2) is 7.31. The second-order valence-electron chi connectivity index (χ2n) is 6.86. The molecule has 0 aromatic heterocycles. The molecular formula is C21H24N2O4. The molecule has 6 nitrogen and oxygen atoms in total. The minimum atomic E-state index is -1.04. The number of benzene rings is 2. The molecule has 0 saturated heterocycles. The van der Waals surface area contributed by atoms with E-state index in [1.165, 1.54) is 7.11 Å². The van der Waals surface area contributed by atoms with Crippen LogP contribution in [0.25, 0.3) is 0 Å². The van der Waals surface area contributed by atoms with Gasteiger partial charge in [-0.05, 0) is 62.1 Å². The maximum Gasteiger partial charge on any atom is 0.240 e. The van der Waals surface area contributed by atoms with Crippen LogP contribution in [0.2, 0.25) is 0 Å². The third-order valence-corrected chi connectivity index (χ3v) is 5.04. The smallest absolute Gasteiger partial charge is 0.240 e. The van der Waals surface area contributed by atoms with Crippen molar-refractivity contribution >= 4 is 23.2 Å². The van der Waals surface area contributed by atoms with Gasteiger partial charge in [-0.25, -0.2) is 0 Å². The Labute approximate surface area is 158 Å². The van der Waals surface area contributed by atoms with Gasteiger partial charge in [0.05, 0.1) is 19.9 Å². The average molecular weight is 368 g/mol. The number of carbonyl (C=O) groups is 2. The van der Waals surface area contributed by atoms with Gasteiger partial charge in [0.15, 0.2) is 0 Å². The molecule has 6 heteroatoms. The molecule has 3 rings (SSSR count). The van der Waals surface area contributed by atoms with Crippen LogP contribution in [0.1, 0.15) is 24.0 Å². The van der Waals surface area contributed by atoms with Gasteiger partial charge in [-0.3, -0.25) is 9.59 Å². The first-order valence-corrected chi connectivity index (χ1v) is 8.82. The highest BCUT2D eigenvalue weighted by molar-refractivity contribution is 6.17. The summed E-state index contributed by atoms with van der Waals surface area (Å²) in [6, 6.07) is 10.8. The summed E-state index contributed by atoms with van der Waals surface area (Å²) in [7, 11) is 3.08. The molecule has 2 aromatic rings. The number of aryl methyl sites for hydroxylation is 2. The topological polar surface area (TPSA) is 76.7 Å². The van der Waals surface area contributed by atoms with Gasteiger partial charge in [-0.15, -0.1) is 0 Å². The molecule has 0 bridgehead atoms. The van der Waals surface area contributed by atoms with Gasteiger partial charge in [0, 0.05) is 11.8 Å². The van der Waals surface area contributed by atoms with Crippen molar-refractivity contribution in [3.8, 4) is 11.5 Å². The van der Waals surface area contributed by atoms with E-state index < -0.39 is 5.41 Å². The predicted molar refractivity (Wildman–Crippen MR) is 104 cm³/mol. The van der Waals surface area contributed by atoms with Crippen LogP contribution in [0.15, 0.2) is 36.4 Å². The molecule has 0 atom stereocenters. The first kappa shape index (κ1) is 18.8. The Hall–Kier alpha value is -3.02. The molecule has 0 unspecified atom stereocenters. The minimum Gasteiger partial charge on any atom is -0.497 e. The Bertz CT molecular complexity index is 888. The van der Waals surface area contributed by atoms with Gasteiger partial charge in [0.25, 0.3) is 0 Å². The lowest BCUT2D eigenvalue weighted by Crippen LogP contribution is -2.35. The zero-order chi connectivity index (χ0) is 19.6. The van der Waals surface area contributed by atoms with Gasteiger partial charge >= 0.3 is 0 Å². The quantitative estimate of drug-likeness (QED) is 0.763. The Morgan fingerprint density at radius 1 is 0.889 bits per heavy atom. The van der Waals surface area contributed by atoms with E-state index in [2.05, 4.69) is 10.6 Å². The van der Waals surface area contributed by atoms with Crippen LogP contribution in [-0.2, 0) is 9.59 Å². The summed E-state index contributed by atoms with van der Waals surface area (Å²) >= 11 is 0. The number of hydrogen-bond donors (Lipinski definition) is 2. The SMILES string of the molecule is COc1ccc(NC(=O)C2(C(=O)Nc3ccc(C)c(C)c3)CC2)c(OC)c1. The Morgan fingerprint density at radius 3 is 2.19 bits per heavy atom. The van der Waals surface area contributed by atoms with Crippen molar-refractivity contribution in [3.63, 3.8) is 0 Å². The fraction of sp³-hybridized carbons (Fsp3) is 0.333. The van der Waals surface area contributed by atoms with Crippen molar-refractivity contribution in [2.45, 2.75) is 26.7 Å². The molecule has 0 spiro atoms. The van der Waals surface area contributed by atoms with Crippen molar-refractivity contribution in [2.75, 3.05) is 24.9 Å². The van der Waals surface area contributed by atoms with E-state index in [1.807, 2.05) is 32.0 Å². The van der Waals surface area contributed by atoms with Crippen LogP contribution in [0, 0.1) is 19.3 Å². The Balaban J connectivity index is 1.74. The molecule has 1 saturated carbocycles. The van der Waals surface area contributed by atoms with Crippen molar-refractivity contribution in [1.82, 2.24) is 0 Å².